The third-order valence-electron chi connectivity index (χ3n) is 2.42. The van der Waals surface area contributed by atoms with Gasteiger partial charge in [0.2, 0.25) is 0 Å². The molecule has 0 aliphatic heterocycles. The summed E-state index contributed by atoms with van der Waals surface area (Å²) in [6.45, 7) is 0.0937. The molecule has 0 bridgehead atoms. The predicted molar refractivity (Wildman–Crippen MR) is 52.5 cm³/mol. The molecule has 67 valence electrons. The van der Waals surface area contributed by atoms with E-state index >= 15 is 0 Å². The summed E-state index contributed by atoms with van der Waals surface area (Å²) in [5.74, 6) is 0. The monoisotopic (exact) mass is 175 g/mol. The summed E-state index contributed by atoms with van der Waals surface area (Å²) in [5.41, 5.74) is 3.74. The third-order valence-corrected chi connectivity index (χ3v) is 2.42. The average molecular weight is 175 g/mol. The lowest BCUT2D eigenvalue weighted by Crippen LogP contribution is -2.01. The van der Waals surface area contributed by atoms with Gasteiger partial charge in [-0.25, -0.2) is 0 Å². The number of hydrogen-bond acceptors (Lipinski definition) is 2. The van der Waals surface area contributed by atoms with Crippen LogP contribution in [0.2, 0.25) is 0 Å². The zero-order valence-corrected chi connectivity index (χ0v) is 7.66. The van der Waals surface area contributed by atoms with Crippen LogP contribution in [-0.4, -0.2) is 32.1 Å². The van der Waals surface area contributed by atoms with Crippen molar-refractivity contribution in [2.45, 2.75) is 12.5 Å². The first-order valence-corrected chi connectivity index (χ1v) is 4.45. The minimum atomic E-state index is 0.0937. The lowest BCUT2D eigenvalue weighted by molar-refractivity contribution is 0.192. The zero-order chi connectivity index (χ0) is 9.26. The molecule has 0 unspecified atom stereocenters. The molecular formula is C10H12BO2. The van der Waals surface area contributed by atoms with E-state index in [1.54, 1.807) is 14.4 Å². The maximum Gasteiger partial charge on any atom is 0.185 e. The Bertz CT molecular complexity index is 302. The molecule has 0 amide bonds. The molecular weight excluding hydrogens is 163 g/mol. The summed E-state index contributed by atoms with van der Waals surface area (Å²) in [6.07, 6.45) is 7.46. The molecule has 0 aromatic carbocycles. The second-order valence-corrected chi connectivity index (χ2v) is 3.23. The molecule has 1 radical (unpaired) electrons. The Morgan fingerprint density at radius 2 is 2.54 bits per heavy atom. The third kappa shape index (κ3) is 1.62. The molecule has 13 heavy (non-hydrogen) atoms. The normalized spacial score (nSPS) is 25.1. The van der Waals surface area contributed by atoms with Gasteiger partial charge in [-0.3, -0.25) is 0 Å². The molecule has 2 aliphatic carbocycles. The minimum Gasteiger partial charge on any atom is -0.405 e. The topological polar surface area (TPSA) is 29.5 Å². The van der Waals surface area contributed by atoms with E-state index in [9.17, 15) is 0 Å². The van der Waals surface area contributed by atoms with Gasteiger partial charge in [0.1, 0.15) is 6.10 Å². The number of rotatable bonds is 3. The highest BCUT2D eigenvalue weighted by atomic mass is 16.5. The van der Waals surface area contributed by atoms with Crippen molar-refractivity contribution in [1.29, 1.82) is 0 Å². The van der Waals surface area contributed by atoms with Crippen molar-refractivity contribution in [2.75, 3.05) is 13.6 Å². The molecule has 0 aromatic heterocycles. The molecule has 0 heterocycles. The summed E-state index contributed by atoms with van der Waals surface area (Å²) in [4.78, 5) is 0. The number of aliphatic hydroxyl groups is 1. The number of methoxy groups -OCH3 is 1. The first-order valence-electron chi connectivity index (χ1n) is 4.45. The summed E-state index contributed by atoms with van der Waals surface area (Å²) < 4.78 is 5.26. The molecule has 2 aliphatic rings. The predicted octanol–water partition coefficient (Wildman–Crippen LogP) is 0.809. The summed E-state index contributed by atoms with van der Waals surface area (Å²) in [7, 11) is 3.53. The fourth-order valence-electron chi connectivity index (χ4n) is 1.71. The first kappa shape index (κ1) is 8.79. The fraction of sp³-hybridized carbons (Fsp3) is 0.400. The van der Waals surface area contributed by atoms with E-state index in [2.05, 4.69) is 12.2 Å². The number of allylic oxidation sites excluding steroid dienone is 3. The van der Waals surface area contributed by atoms with Crippen molar-refractivity contribution in [2.24, 2.45) is 0 Å². The van der Waals surface area contributed by atoms with E-state index in [0.29, 0.717) is 0 Å². The van der Waals surface area contributed by atoms with E-state index in [4.69, 9.17) is 9.84 Å². The number of hydrogen-bond donors (Lipinski definition) is 1. The van der Waals surface area contributed by atoms with Gasteiger partial charge in [0.15, 0.2) is 7.28 Å². The maximum atomic E-state index is 8.76. The standard InChI is InChI=1S/C10H12BO2/c1-13-10-8-4-2-3-7(11-6-12)5-9(8)10/h2-3,5,10,12H,4,6H2,1H3/t10-/m1/s1. The van der Waals surface area contributed by atoms with Gasteiger partial charge in [-0.1, -0.05) is 23.7 Å². The van der Waals surface area contributed by atoms with Crippen LogP contribution < -0.4 is 0 Å². The van der Waals surface area contributed by atoms with Crippen LogP contribution in [0.5, 0.6) is 0 Å². The Morgan fingerprint density at radius 3 is 3.23 bits per heavy atom. The van der Waals surface area contributed by atoms with Crippen molar-refractivity contribution >= 4 is 7.28 Å². The highest BCUT2D eigenvalue weighted by molar-refractivity contribution is 6.46. The van der Waals surface area contributed by atoms with Crippen LogP contribution in [0.1, 0.15) is 6.42 Å². The van der Waals surface area contributed by atoms with Crippen molar-refractivity contribution in [3.05, 3.63) is 34.8 Å². The summed E-state index contributed by atoms with van der Waals surface area (Å²) in [5, 5.41) is 8.76. The molecule has 0 aromatic rings. The van der Waals surface area contributed by atoms with Crippen LogP contribution in [0.3, 0.4) is 0 Å². The van der Waals surface area contributed by atoms with Crippen molar-refractivity contribution < 1.29 is 9.84 Å². The Hall–Kier alpha value is -0.795. The van der Waals surface area contributed by atoms with Gasteiger partial charge >= 0.3 is 0 Å². The minimum absolute atomic E-state index is 0.0937. The molecule has 1 atom stereocenters. The lowest BCUT2D eigenvalue weighted by Gasteiger charge is -2.00. The van der Waals surface area contributed by atoms with Gasteiger partial charge in [0.25, 0.3) is 0 Å². The van der Waals surface area contributed by atoms with E-state index < -0.39 is 0 Å². The fourth-order valence-corrected chi connectivity index (χ4v) is 1.71. The first-order chi connectivity index (χ1) is 6.36. The second-order valence-electron chi connectivity index (χ2n) is 3.23. The zero-order valence-electron chi connectivity index (χ0n) is 7.66. The summed E-state index contributed by atoms with van der Waals surface area (Å²) >= 11 is 0. The Morgan fingerprint density at radius 1 is 1.69 bits per heavy atom. The molecule has 0 fully saturated rings. The summed E-state index contributed by atoms with van der Waals surface area (Å²) in [6, 6.07) is 0. The van der Waals surface area contributed by atoms with Crippen LogP contribution in [0, 0.1) is 0 Å². The highest BCUT2D eigenvalue weighted by Crippen LogP contribution is 2.40. The Labute approximate surface area is 78.8 Å². The van der Waals surface area contributed by atoms with Crippen molar-refractivity contribution in [3.8, 4) is 0 Å². The second kappa shape index (κ2) is 3.52. The van der Waals surface area contributed by atoms with Crippen LogP contribution >= 0.6 is 0 Å². The molecule has 0 saturated heterocycles. The molecule has 1 N–H and O–H groups in total. The highest BCUT2D eigenvalue weighted by Gasteiger charge is 2.34. The van der Waals surface area contributed by atoms with Crippen LogP contribution in [0.15, 0.2) is 34.8 Å². The lowest BCUT2D eigenvalue weighted by atomic mass is 9.70. The van der Waals surface area contributed by atoms with Crippen LogP contribution in [0.4, 0.5) is 0 Å². The van der Waals surface area contributed by atoms with Gasteiger partial charge in [-0.2, -0.15) is 0 Å². The van der Waals surface area contributed by atoms with E-state index in [-0.39, 0.29) is 12.6 Å². The number of ether oxygens (including phenoxy) is 1. The number of aliphatic hydroxyl groups excluding tert-OH is 1. The Balaban J connectivity index is 2.09. The van der Waals surface area contributed by atoms with E-state index in [1.807, 2.05) is 6.08 Å². The van der Waals surface area contributed by atoms with Gasteiger partial charge in [-0.15, -0.1) is 0 Å². The van der Waals surface area contributed by atoms with Gasteiger partial charge < -0.3 is 9.84 Å². The van der Waals surface area contributed by atoms with Crippen LogP contribution in [-0.2, 0) is 4.74 Å². The quantitative estimate of drug-likeness (QED) is 0.643. The van der Waals surface area contributed by atoms with Crippen molar-refractivity contribution in [3.63, 3.8) is 0 Å². The molecule has 0 spiro atoms. The van der Waals surface area contributed by atoms with Crippen LogP contribution in [0.25, 0.3) is 0 Å². The Kier molecular flexibility index (Phi) is 2.38. The SMILES string of the molecule is CO[C@H]1C2=C1CC=CC([B]CO)=C2. The molecule has 2 nitrogen and oxygen atoms in total. The van der Waals surface area contributed by atoms with Gasteiger partial charge in [0, 0.05) is 13.6 Å². The van der Waals surface area contributed by atoms with Gasteiger partial charge in [-0.05, 0) is 17.6 Å². The average Bonchev–Trinajstić information content (AvgIpc) is 2.79. The van der Waals surface area contributed by atoms with E-state index in [0.717, 1.165) is 11.9 Å². The smallest absolute Gasteiger partial charge is 0.185 e. The van der Waals surface area contributed by atoms with Crippen molar-refractivity contribution in [1.82, 2.24) is 0 Å². The largest absolute Gasteiger partial charge is 0.405 e. The molecule has 2 rings (SSSR count). The van der Waals surface area contributed by atoms with Gasteiger partial charge in [0.05, 0.1) is 0 Å². The molecule has 0 saturated carbocycles. The molecule has 3 heteroatoms. The maximum absolute atomic E-state index is 8.76. The van der Waals surface area contributed by atoms with E-state index in [1.165, 1.54) is 11.1 Å².